The molecule has 7 aromatic carbocycles. The number of benzene rings is 7. The van der Waals surface area contributed by atoms with Gasteiger partial charge in [0.2, 0.25) is 0 Å². The Morgan fingerprint density at radius 1 is 0.353 bits per heavy atom. The van der Waals surface area contributed by atoms with E-state index in [4.69, 9.17) is 18.9 Å². The SMILES string of the molecule is CCCCCCc1ccc(-c2ccc(C(=O)Oc3ccc(C(=O)Oc4cccc(OC(=O)c5ccc(OC(=O)c6ccc(-c7ccc(CCCCCC)cc7)cc6)c(C)c5)c4)cc3C)cc2)cc1. The molecule has 0 amide bonds. The molecule has 0 unspecified atom stereocenters. The molecule has 346 valence electrons. The molecule has 8 nitrogen and oxygen atoms in total. The number of hydrogen-bond acceptors (Lipinski definition) is 8. The van der Waals surface area contributed by atoms with Gasteiger partial charge in [0.25, 0.3) is 0 Å². The monoisotopic (exact) mass is 906 g/mol. The predicted octanol–water partition coefficient (Wildman–Crippen LogP) is 14.8. The van der Waals surface area contributed by atoms with Gasteiger partial charge in [-0.2, -0.15) is 0 Å². The van der Waals surface area contributed by atoms with Crippen molar-refractivity contribution in [2.24, 2.45) is 0 Å². The molecule has 0 N–H and O–H groups in total. The highest BCUT2D eigenvalue weighted by atomic mass is 16.6. The van der Waals surface area contributed by atoms with E-state index in [0.717, 1.165) is 35.1 Å². The number of rotatable bonds is 20. The molecule has 0 atom stereocenters. The van der Waals surface area contributed by atoms with Crippen molar-refractivity contribution in [3.05, 3.63) is 202 Å². The average Bonchev–Trinajstić information content (AvgIpc) is 3.36. The first-order valence-electron chi connectivity index (χ1n) is 23.7. The molecule has 0 fully saturated rings. The van der Waals surface area contributed by atoms with E-state index >= 15 is 0 Å². The Morgan fingerprint density at radius 3 is 1.04 bits per heavy atom. The van der Waals surface area contributed by atoms with Gasteiger partial charge in [0, 0.05) is 6.07 Å². The highest BCUT2D eigenvalue weighted by Crippen LogP contribution is 2.28. The van der Waals surface area contributed by atoms with Gasteiger partial charge >= 0.3 is 23.9 Å². The smallest absolute Gasteiger partial charge is 0.343 e. The molecule has 0 radical (unpaired) electrons. The number of carbonyl (C=O) groups excluding carboxylic acids is 4. The lowest BCUT2D eigenvalue weighted by Gasteiger charge is -2.11. The molecule has 0 saturated heterocycles. The van der Waals surface area contributed by atoms with Crippen LogP contribution in [0.3, 0.4) is 0 Å². The van der Waals surface area contributed by atoms with Crippen molar-refractivity contribution in [1.29, 1.82) is 0 Å². The lowest BCUT2D eigenvalue weighted by atomic mass is 10.0. The fourth-order valence-electron chi connectivity index (χ4n) is 7.87. The maximum Gasteiger partial charge on any atom is 0.343 e. The second-order valence-electron chi connectivity index (χ2n) is 17.2. The van der Waals surface area contributed by atoms with Gasteiger partial charge < -0.3 is 18.9 Å². The first-order chi connectivity index (χ1) is 33.1. The van der Waals surface area contributed by atoms with Crippen LogP contribution in [-0.4, -0.2) is 23.9 Å². The van der Waals surface area contributed by atoms with E-state index in [1.165, 1.54) is 80.7 Å². The fourth-order valence-corrected chi connectivity index (χ4v) is 7.87. The number of esters is 4. The standard InChI is InChI=1S/C60H58O8/c1-5-7-9-11-14-43-18-22-45(23-19-43)47-26-30-49(31-27-47)57(61)67-55-36-34-51(38-41(55)3)59(63)65-53-16-13-17-54(40-53)66-60(64)52-35-37-56(42(4)39-52)68-58(62)50-32-28-48(29-33-50)46-24-20-44(21-25-46)15-12-10-8-6-2/h13,16-40H,5-12,14-15H2,1-4H3. The first kappa shape index (κ1) is 48.4. The molecule has 0 aliphatic heterocycles. The molecule has 68 heavy (non-hydrogen) atoms. The third kappa shape index (κ3) is 13.3. The second kappa shape index (κ2) is 23.7. The van der Waals surface area contributed by atoms with E-state index in [9.17, 15) is 19.2 Å². The van der Waals surface area contributed by atoms with Crippen molar-refractivity contribution >= 4 is 23.9 Å². The molecular weight excluding hydrogens is 849 g/mol. The van der Waals surface area contributed by atoms with E-state index in [0.29, 0.717) is 33.8 Å². The van der Waals surface area contributed by atoms with Crippen molar-refractivity contribution < 1.29 is 38.1 Å². The highest BCUT2D eigenvalue weighted by Gasteiger charge is 2.18. The third-order valence-corrected chi connectivity index (χ3v) is 11.9. The number of carbonyl (C=O) groups is 4. The minimum absolute atomic E-state index is 0.160. The summed E-state index contributed by atoms with van der Waals surface area (Å²) in [5, 5.41) is 0. The highest BCUT2D eigenvalue weighted by molar-refractivity contribution is 5.95. The zero-order valence-corrected chi connectivity index (χ0v) is 39.3. The molecule has 0 spiro atoms. The Kier molecular flexibility index (Phi) is 16.9. The summed E-state index contributed by atoms with van der Waals surface area (Å²) in [6.45, 7) is 7.91. The van der Waals surface area contributed by atoms with Crippen LogP contribution in [-0.2, 0) is 12.8 Å². The lowest BCUT2D eigenvalue weighted by molar-refractivity contribution is 0.0722. The van der Waals surface area contributed by atoms with E-state index in [1.807, 2.05) is 24.3 Å². The van der Waals surface area contributed by atoms with Gasteiger partial charge in [-0.05, 0) is 157 Å². The molecule has 0 bridgehead atoms. The second-order valence-corrected chi connectivity index (χ2v) is 17.2. The lowest BCUT2D eigenvalue weighted by Crippen LogP contribution is -2.12. The zero-order valence-electron chi connectivity index (χ0n) is 39.3. The van der Waals surface area contributed by atoms with Crippen LogP contribution in [0, 0.1) is 13.8 Å². The van der Waals surface area contributed by atoms with Gasteiger partial charge in [-0.3, -0.25) is 0 Å². The van der Waals surface area contributed by atoms with Gasteiger partial charge in [-0.1, -0.05) is 131 Å². The quantitative estimate of drug-likeness (QED) is 0.0423. The predicted molar refractivity (Wildman–Crippen MR) is 268 cm³/mol. The Bertz CT molecular complexity index is 2630. The molecule has 0 saturated carbocycles. The van der Waals surface area contributed by atoms with Crippen LogP contribution in [0.4, 0.5) is 0 Å². The third-order valence-electron chi connectivity index (χ3n) is 11.9. The van der Waals surface area contributed by atoms with E-state index < -0.39 is 23.9 Å². The minimum atomic E-state index is -0.649. The largest absolute Gasteiger partial charge is 0.423 e. The molecule has 0 aliphatic carbocycles. The Morgan fingerprint density at radius 2 is 0.691 bits per heavy atom. The molecule has 7 aromatic rings. The van der Waals surface area contributed by atoms with Gasteiger partial charge in [-0.25, -0.2) is 19.2 Å². The van der Waals surface area contributed by atoms with Crippen LogP contribution in [0.15, 0.2) is 158 Å². The zero-order chi connectivity index (χ0) is 47.8. The van der Waals surface area contributed by atoms with Crippen molar-refractivity contribution in [1.82, 2.24) is 0 Å². The Labute approximate surface area is 399 Å². The summed E-state index contributed by atoms with van der Waals surface area (Å²) in [6, 6.07) is 47.3. The number of aryl methyl sites for hydroxylation is 4. The van der Waals surface area contributed by atoms with Crippen LogP contribution in [0.2, 0.25) is 0 Å². The van der Waals surface area contributed by atoms with E-state index in [-0.39, 0.29) is 22.6 Å². The summed E-state index contributed by atoms with van der Waals surface area (Å²) in [5.74, 6) is -1.37. The molecule has 0 aliphatic rings. The molecule has 7 rings (SSSR count). The van der Waals surface area contributed by atoms with Crippen LogP contribution in [0.25, 0.3) is 22.3 Å². The van der Waals surface area contributed by atoms with E-state index in [1.54, 1.807) is 80.6 Å². The first-order valence-corrected chi connectivity index (χ1v) is 23.7. The Hall–Kier alpha value is -7.58. The van der Waals surface area contributed by atoms with Gasteiger partial charge in [0.15, 0.2) is 0 Å². The molecule has 8 heteroatoms. The number of unbranched alkanes of at least 4 members (excludes halogenated alkanes) is 6. The summed E-state index contributed by atoms with van der Waals surface area (Å²) in [6.07, 6.45) is 12.0. The summed E-state index contributed by atoms with van der Waals surface area (Å²) in [7, 11) is 0. The van der Waals surface area contributed by atoms with Crippen LogP contribution < -0.4 is 18.9 Å². The summed E-state index contributed by atoms with van der Waals surface area (Å²) in [5.41, 5.74) is 9.24. The average molecular weight is 907 g/mol. The van der Waals surface area contributed by atoms with Crippen molar-refractivity contribution in [2.45, 2.75) is 91.9 Å². The van der Waals surface area contributed by atoms with Crippen molar-refractivity contribution in [2.75, 3.05) is 0 Å². The van der Waals surface area contributed by atoms with Crippen LogP contribution >= 0.6 is 0 Å². The van der Waals surface area contributed by atoms with Gasteiger partial charge in [-0.15, -0.1) is 0 Å². The van der Waals surface area contributed by atoms with Crippen LogP contribution in [0.1, 0.15) is 129 Å². The number of hydrogen-bond donors (Lipinski definition) is 0. The number of ether oxygens (including phenoxy) is 4. The Balaban J connectivity index is 0.885. The maximum absolute atomic E-state index is 13.2. The molecule has 0 heterocycles. The van der Waals surface area contributed by atoms with Crippen molar-refractivity contribution in [3.8, 4) is 45.3 Å². The van der Waals surface area contributed by atoms with E-state index in [2.05, 4.69) is 62.4 Å². The van der Waals surface area contributed by atoms with Crippen molar-refractivity contribution in [3.63, 3.8) is 0 Å². The topological polar surface area (TPSA) is 105 Å². The molecule has 0 aromatic heterocycles. The van der Waals surface area contributed by atoms with Gasteiger partial charge in [0.05, 0.1) is 22.3 Å². The fraction of sp³-hybridized carbons (Fsp3) is 0.233. The normalized spacial score (nSPS) is 10.9. The van der Waals surface area contributed by atoms with Gasteiger partial charge in [0.1, 0.15) is 23.0 Å². The minimum Gasteiger partial charge on any atom is -0.423 e. The molecular formula is C60H58O8. The summed E-state index contributed by atoms with van der Waals surface area (Å²) < 4.78 is 22.7. The maximum atomic E-state index is 13.2. The summed E-state index contributed by atoms with van der Waals surface area (Å²) >= 11 is 0. The summed E-state index contributed by atoms with van der Waals surface area (Å²) in [4.78, 5) is 52.6. The van der Waals surface area contributed by atoms with Crippen LogP contribution in [0.5, 0.6) is 23.0 Å².